The molecule has 0 amide bonds. The molecule has 1 aliphatic carbocycles. The van der Waals surface area contributed by atoms with E-state index in [1.54, 1.807) is 0 Å². The van der Waals surface area contributed by atoms with Gasteiger partial charge in [0.1, 0.15) is 0 Å². The third kappa shape index (κ3) is 13.1. The molecular formula is C114H82N6. The zero-order chi connectivity index (χ0) is 79.8. The smallest absolute Gasteiger partial charge is 0.0630 e. The second-order valence-electron chi connectivity index (χ2n) is 30.7. The number of hydrogen-bond donors (Lipinski definition) is 1. The molecule has 0 radical (unpaired) electrons. The lowest BCUT2D eigenvalue weighted by Crippen LogP contribution is -2.15. The van der Waals surface area contributed by atoms with Gasteiger partial charge in [-0.1, -0.05) is 346 Å². The first kappa shape index (κ1) is 72.0. The van der Waals surface area contributed by atoms with Crippen molar-refractivity contribution in [1.29, 1.82) is 0 Å². The molecule has 2 aliphatic rings. The van der Waals surface area contributed by atoms with E-state index < -0.39 is 0 Å². The van der Waals surface area contributed by atoms with Crippen LogP contribution in [0.15, 0.2) is 473 Å². The van der Waals surface area contributed by atoms with E-state index in [1.165, 1.54) is 154 Å². The Bertz CT molecular complexity index is 7400. The predicted octanol–water partition coefficient (Wildman–Crippen LogP) is 30.8. The van der Waals surface area contributed by atoms with Crippen molar-refractivity contribution in [3.05, 3.63) is 479 Å². The van der Waals surface area contributed by atoms with Gasteiger partial charge in [-0.15, -0.1) is 0 Å². The van der Waals surface area contributed by atoms with Crippen LogP contribution in [0.5, 0.6) is 0 Å². The molecule has 120 heavy (non-hydrogen) atoms. The fourth-order valence-electron chi connectivity index (χ4n) is 18.5. The van der Waals surface area contributed by atoms with Crippen molar-refractivity contribution in [3.8, 4) is 50.2 Å². The minimum absolute atomic E-state index is 0.257. The highest BCUT2D eigenvalue weighted by atomic mass is 15.2. The molecule has 0 saturated heterocycles. The normalized spacial score (nSPS) is 13.5. The van der Waals surface area contributed by atoms with Gasteiger partial charge in [0.2, 0.25) is 0 Å². The first-order valence-electron chi connectivity index (χ1n) is 41.2. The number of nitrogens with zero attached hydrogens (tertiary/aromatic N) is 5. The summed E-state index contributed by atoms with van der Waals surface area (Å²) in [5.41, 5.74) is 29.0. The number of hydrogen-bond acceptors (Lipinski definition) is 2. The summed E-state index contributed by atoms with van der Waals surface area (Å²) in [7, 11) is 0. The van der Waals surface area contributed by atoms with E-state index in [2.05, 4.69) is 460 Å². The molecule has 0 fully saturated rings. The van der Waals surface area contributed by atoms with Crippen LogP contribution in [0, 0.1) is 0 Å². The summed E-state index contributed by atoms with van der Waals surface area (Å²) >= 11 is 0. The Kier molecular flexibility index (Phi) is 18.9. The Morgan fingerprint density at radius 2 is 0.692 bits per heavy atom. The number of aromatic nitrogens is 4. The van der Waals surface area contributed by atoms with Gasteiger partial charge in [-0.05, 0) is 171 Å². The van der Waals surface area contributed by atoms with Crippen molar-refractivity contribution in [1.82, 2.24) is 18.1 Å². The standard InChI is InChI=1S/C54H39N3.C36H23N3.C18H14.C6H6/c1-2-41(17-14-34-55-50-22-10-6-18-44(50)45-19-7-11-23-51(45)55)56(42-32-30-40(31-33-42)39-28-26-38(27-29-39)37-15-4-3-5-16-37)43-35-48-46-20-8-12-24-52(46)57-53-25-13-9-21-47(53)49(36-43)54(48)57;1-5-13-32-26(9-1)27-10-2-6-14-33(27)38(32)25-19-17-23(18-20-25)37-24-21-30-28-11-3-7-15-34(28)39-35-16-8-4-12-29(35)31(22-24)36(30)39;1-3-9-15(10-4-1)17-13-7-8-14-18(17)16-11-5-2-6-12-16;1-2-4-6-5-3-1/h2-36,46,52H,1H2;1-22,37H;1-14H;1-6H/b34-14+,41-17+;;;. The van der Waals surface area contributed by atoms with Gasteiger partial charge >= 0.3 is 0 Å². The molecule has 2 unspecified atom stereocenters. The number of anilines is 4. The van der Waals surface area contributed by atoms with Crippen molar-refractivity contribution < 1.29 is 0 Å². The lowest BCUT2D eigenvalue weighted by atomic mass is 9.89. The van der Waals surface area contributed by atoms with E-state index in [4.69, 9.17) is 0 Å². The van der Waals surface area contributed by atoms with E-state index in [9.17, 15) is 0 Å². The highest BCUT2D eigenvalue weighted by molar-refractivity contribution is 6.24. The van der Waals surface area contributed by atoms with Crippen molar-refractivity contribution in [2.24, 2.45) is 0 Å². The number of rotatable bonds is 13. The van der Waals surface area contributed by atoms with E-state index >= 15 is 0 Å². The van der Waals surface area contributed by atoms with Gasteiger partial charge < -0.3 is 28.3 Å². The Morgan fingerprint density at radius 3 is 1.19 bits per heavy atom. The van der Waals surface area contributed by atoms with Gasteiger partial charge in [0, 0.05) is 106 Å². The SMILES string of the molecule is C=C/C(=C\C=C\n1c2ccccc2c2ccccc21)N(c1ccc(-c2ccc(-c3ccccc3)cc2)cc1)c1cc2c3c(c1)c1ccccc1n3C1C=CC=CC21.c1ccc(-c2ccccc2-c2ccccc2)cc1.c1ccc2c(c1)c1ccccc1n2-c1ccc(Nc2cc3c4ccccc4n4c5ccccc5c(c2)c34)cc1.c1ccccc1. The van der Waals surface area contributed by atoms with Crippen molar-refractivity contribution in [3.63, 3.8) is 0 Å². The van der Waals surface area contributed by atoms with Crippen LogP contribution in [0.4, 0.5) is 22.7 Å². The number of benzene rings is 17. The number of para-hydroxylation sites is 7. The first-order chi connectivity index (χ1) is 59.5. The molecule has 24 rings (SSSR count). The van der Waals surface area contributed by atoms with E-state index in [-0.39, 0.29) is 12.0 Å². The number of fused-ring (bicyclic) bond motifs is 18. The topological polar surface area (TPSA) is 34.5 Å². The van der Waals surface area contributed by atoms with Gasteiger partial charge in [-0.2, -0.15) is 0 Å². The Hall–Kier alpha value is -15.8. The van der Waals surface area contributed by atoms with Crippen LogP contribution >= 0.6 is 0 Å². The van der Waals surface area contributed by atoms with Crippen LogP contribution in [0.3, 0.4) is 0 Å². The molecule has 5 aromatic heterocycles. The van der Waals surface area contributed by atoms with Crippen LogP contribution in [0.2, 0.25) is 0 Å². The van der Waals surface area contributed by atoms with Crippen LogP contribution in [0.1, 0.15) is 17.5 Å². The maximum Gasteiger partial charge on any atom is 0.0630 e. The van der Waals surface area contributed by atoms with Crippen LogP contribution in [0.25, 0.3) is 160 Å². The Labute approximate surface area is 697 Å². The summed E-state index contributed by atoms with van der Waals surface area (Å²) in [5, 5.41) is 16.5. The molecule has 0 saturated carbocycles. The lowest BCUT2D eigenvalue weighted by molar-refractivity contribution is 0.615. The summed E-state index contributed by atoms with van der Waals surface area (Å²) in [6.07, 6.45) is 17.6. The van der Waals surface area contributed by atoms with Gasteiger partial charge in [0.15, 0.2) is 0 Å². The zero-order valence-corrected chi connectivity index (χ0v) is 66.1. The van der Waals surface area contributed by atoms with Crippen LogP contribution in [-0.2, 0) is 0 Å². The predicted molar refractivity (Wildman–Crippen MR) is 511 cm³/mol. The van der Waals surface area contributed by atoms with Gasteiger partial charge in [0.25, 0.3) is 0 Å². The van der Waals surface area contributed by atoms with Gasteiger partial charge in [-0.3, -0.25) is 0 Å². The van der Waals surface area contributed by atoms with Gasteiger partial charge in [-0.25, -0.2) is 0 Å². The molecule has 2 atom stereocenters. The van der Waals surface area contributed by atoms with Gasteiger partial charge in [0.05, 0.1) is 50.2 Å². The quantitative estimate of drug-likeness (QED) is 0.117. The lowest BCUT2D eigenvalue weighted by Gasteiger charge is -2.28. The summed E-state index contributed by atoms with van der Waals surface area (Å²) < 4.78 is 9.61. The van der Waals surface area contributed by atoms with E-state index in [0.29, 0.717) is 0 Å². The number of nitrogens with one attached hydrogen (secondary N) is 1. The minimum atomic E-state index is 0.257. The van der Waals surface area contributed by atoms with Crippen molar-refractivity contribution in [2.75, 3.05) is 10.2 Å². The molecule has 17 aromatic carbocycles. The maximum absolute atomic E-state index is 4.39. The highest BCUT2D eigenvalue weighted by Gasteiger charge is 2.36. The molecule has 22 aromatic rings. The van der Waals surface area contributed by atoms with Crippen molar-refractivity contribution >= 4 is 132 Å². The molecule has 6 nitrogen and oxygen atoms in total. The third-order valence-electron chi connectivity index (χ3n) is 23.8. The second-order valence-corrected chi connectivity index (χ2v) is 30.7. The summed E-state index contributed by atoms with van der Waals surface area (Å²) in [6, 6.07) is 149. The van der Waals surface area contributed by atoms with E-state index in [0.717, 1.165) is 34.1 Å². The fraction of sp³-hybridized carbons (Fsp3) is 0.0175. The van der Waals surface area contributed by atoms with Crippen LogP contribution in [-0.4, -0.2) is 18.1 Å². The largest absolute Gasteiger partial charge is 0.355 e. The fourth-order valence-corrected chi connectivity index (χ4v) is 18.5. The molecule has 0 bridgehead atoms. The Balaban J connectivity index is 0.000000120. The summed E-state index contributed by atoms with van der Waals surface area (Å²) in [4.78, 5) is 2.36. The Morgan fingerprint density at radius 1 is 0.308 bits per heavy atom. The third-order valence-corrected chi connectivity index (χ3v) is 23.8. The monoisotopic (exact) mass is 1530 g/mol. The molecule has 0 spiro atoms. The number of allylic oxidation sites excluding steroid dienone is 7. The molecule has 1 aliphatic heterocycles. The average Bonchev–Trinajstić information content (AvgIpc) is 1.54. The van der Waals surface area contributed by atoms with Crippen LogP contribution < -0.4 is 10.2 Å². The van der Waals surface area contributed by atoms with Crippen molar-refractivity contribution in [2.45, 2.75) is 12.0 Å². The molecule has 6 heterocycles. The second kappa shape index (κ2) is 31.4. The molecular weight excluding hydrogens is 1450 g/mol. The summed E-state index contributed by atoms with van der Waals surface area (Å²) in [5.74, 6) is 0.270. The zero-order valence-electron chi connectivity index (χ0n) is 66.1. The molecule has 1 N–H and O–H groups in total. The van der Waals surface area contributed by atoms with E-state index in [1.807, 2.05) is 42.5 Å². The molecule has 6 heteroatoms. The first-order valence-corrected chi connectivity index (χ1v) is 41.2. The average molecular weight is 1540 g/mol. The molecule has 568 valence electrons. The minimum Gasteiger partial charge on any atom is -0.355 e. The summed E-state index contributed by atoms with van der Waals surface area (Å²) in [6.45, 7) is 4.39. The highest BCUT2D eigenvalue weighted by Crippen LogP contribution is 2.52. The maximum atomic E-state index is 4.39.